The third kappa shape index (κ3) is 4.43. The van der Waals surface area contributed by atoms with Gasteiger partial charge in [0.25, 0.3) is 0 Å². The molecule has 1 aromatic rings. The zero-order valence-electron chi connectivity index (χ0n) is 18.6. The summed E-state index contributed by atoms with van der Waals surface area (Å²) in [4.78, 5) is 29.4. The van der Waals surface area contributed by atoms with Gasteiger partial charge in [-0.05, 0) is 63.1 Å². The van der Waals surface area contributed by atoms with E-state index in [1.54, 1.807) is 26.0 Å². The Morgan fingerprint density at radius 2 is 1.94 bits per heavy atom. The van der Waals surface area contributed by atoms with E-state index in [4.69, 9.17) is 0 Å². The number of nitrogens with zero attached hydrogens (tertiary/aromatic N) is 2. The number of hydrogen-bond acceptors (Lipinski definition) is 4. The van der Waals surface area contributed by atoms with E-state index in [2.05, 4.69) is 5.32 Å². The van der Waals surface area contributed by atoms with Gasteiger partial charge in [-0.3, -0.25) is 9.59 Å². The molecule has 2 amide bonds. The Hall–Kier alpha value is -2.15. The highest BCUT2D eigenvalue weighted by molar-refractivity contribution is 5.92. The monoisotopic (exact) mass is 431 g/mol. The molecule has 3 fully saturated rings. The van der Waals surface area contributed by atoms with Crippen molar-refractivity contribution in [2.45, 2.75) is 70.9 Å². The van der Waals surface area contributed by atoms with Crippen LogP contribution in [0.3, 0.4) is 0 Å². The summed E-state index contributed by atoms with van der Waals surface area (Å²) in [7, 11) is 0. The highest BCUT2D eigenvalue weighted by Crippen LogP contribution is 2.43. The molecule has 1 aliphatic carbocycles. The number of hydrogen-bond donors (Lipinski definition) is 2. The Labute approximate surface area is 183 Å². The normalized spacial score (nSPS) is 29.1. The Bertz CT molecular complexity index is 837. The molecule has 0 radical (unpaired) electrons. The van der Waals surface area contributed by atoms with Crippen LogP contribution in [0.25, 0.3) is 0 Å². The molecular weight excluding hydrogens is 397 g/mol. The minimum atomic E-state index is -0.439. The summed E-state index contributed by atoms with van der Waals surface area (Å²) in [5, 5.41) is 12.5. The number of piperidine rings is 1. The summed E-state index contributed by atoms with van der Waals surface area (Å²) in [5.74, 6) is -0.480. The third-order valence-electron chi connectivity index (χ3n) is 7.31. The van der Waals surface area contributed by atoms with E-state index in [1.807, 2.05) is 9.80 Å². The fourth-order valence-corrected chi connectivity index (χ4v) is 5.41. The topological polar surface area (TPSA) is 72.9 Å². The third-order valence-corrected chi connectivity index (χ3v) is 7.31. The molecule has 2 saturated heterocycles. The van der Waals surface area contributed by atoms with Crippen molar-refractivity contribution in [2.75, 3.05) is 29.9 Å². The molecule has 1 atom stereocenters. The number of anilines is 2. The summed E-state index contributed by atoms with van der Waals surface area (Å²) in [5.41, 5.74) is 0.508. The number of aliphatic hydroxyl groups excluding tert-OH is 1. The van der Waals surface area contributed by atoms with Gasteiger partial charge in [0.1, 0.15) is 5.82 Å². The number of amides is 2. The lowest BCUT2D eigenvalue weighted by atomic mass is 9.78. The summed E-state index contributed by atoms with van der Waals surface area (Å²) >= 11 is 0. The maximum atomic E-state index is 15.0. The number of rotatable bonds is 4. The van der Waals surface area contributed by atoms with Gasteiger partial charge in [-0.15, -0.1) is 0 Å². The smallest absolute Gasteiger partial charge is 0.230 e. The average molecular weight is 432 g/mol. The highest BCUT2D eigenvalue weighted by atomic mass is 19.1. The fourth-order valence-electron chi connectivity index (χ4n) is 5.41. The number of carbonyl (C=O) groups is 2. The van der Waals surface area contributed by atoms with Crippen molar-refractivity contribution in [3.8, 4) is 0 Å². The number of nitrogens with one attached hydrogen (secondary N) is 1. The van der Waals surface area contributed by atoms with Gasteiger partial charge in [0, 0.05) is 37.3 Å². The molecule has 0 bridgehead atoms. The van der Waals surface area contributed by atoms with Gasteiger partial charge in [-0.25, -0.2) is 4.39 Å². The standard InChI is InChI=1S/C24H34FN3O3/c1-16(2)22(30)26-17-4-9-21(20(25)14-17)27-12-3-10-24(15-27)11-13-28(23(24)31)18-5-7-19(29)8-6-18/h4,9,14,16,18-19,29H,3,5-8,10-13,15H2,1-2H3,(H,26,30)/t18?,19?,24-/m1/s1. The average Bonchev–Trinajstić information content (AvgIpc) is 3.04. The largest absolute Gasteiger partial charge is 0.393 e. The molecular formula is C24H34FN3O3. The lowest BCUT2D eigenvalue weighted by Gasteiger charge is -2.41. The van der Waals surface area contributed by atoms with Gasteiger partial charge in [0.15, 0.2) is 0 Å². The van der Waals surface area contributed by atoms with Crippen molar-refractivity contribution in [1.29, 1.82) is 0 Å². The van der Waals surface area contributed by atoms with E-state index in [9.17, 15) is 19.1 Å². The van der Waals surface area contributed by atoms with Crippen molar-refractivity contribution < 1.29 is 19.1 Å². The van der Waals surface area contributed by atoms with Crippen molar-refractivity contribution in [3.63, 3.8) is 0 Å². The number of halogens is 1. The molecule has 4 rings (SSSR count). The molecule has 2 aliphatic heterocycles. The summed E-state index contributed by atoms with van der Waals surface area (Å²) in [6.45, 7) is 5.61. The van der Waals surface area contributed by atoms with Crippen LogP contribution in [0, 0.1) is 17.2 Å². The number of likely N-dealkylation sites (tertiary alicyclic amines) is 1. The quantitative estimate of drug-likeness (QED) is 0.765. The molecule has 2 N–H and O–H groups in total. The second-order valence-electron chi connectivity index (χ2n) is 9.83. The first-order valence-electron chi connectivity index (χ1n) is 11.6. The van der Waals surface area contributed by atoms with E-state index in [-0.39, 0.29) is 35.7 Å². The SMILES string of the molecule is CC(C)C(=O)Nc1ccc(N2CCC[C@@]3(CCN(C4CCC(O)CC4)C3=O)C2)c(F)c1. The van der Waals surface area contributed by atoms with Crippen LogP contribution < -0.4 is 10.2 Å². The predicted molar refractivity (Wildman–Crippen MR) is 118 cm³/mol. The van der Waals surface area contributed by atoms with Crippen LogP contribution in [-0.2, 0) is 9.59 Å². The molecule has 0 aromatic heterocycles. The molecule has 1 spiro atoms. The Morgan fingerprint density at radius 3 is 2.61 bits per heavy atom. The lowest BCUT2D eigenvalue weighted by Crippen LogP contribution is -2.50. The summed E-state index contributed by atoms with van der Waals surface area (Å²) < 4.78 is 15.0. The maximum absolute atomic E-state index is 15.0. The number of aliphatic hydroxyl groups is 1. The van der Waals surface area contributed by atoms with E-state index in [0.717, 1.165) is 58.0 Å². The van der Waals surface area contributed by atoms with Gasteiger partial charge in [-0.2, -0.15) is 0 Å². The van der Waals surface area contributed by atoms with Crippen LogP contribution in [0.2, 0.25) is 0 Å². The molecule has 1 aromatic carbocycles. The highest BCUT2D eigenvalue weighted by Gasteiger charge is 2.50. The van der Waals surface area contributed by atoms with Gasteiger partial charge in [-0.1, -0.05) is 13.8 Å². The molecule has 1 saturated carbocycles. The van der Waals surface area contributed by atoms with Crippen LogP contribution >= 0.6 is 0 Å². The summed E-state index contributed by atoms with van der Waals surface area (Å²) in [6, 6.07) is 5.04. The molecule has 2 heterocycles. The first-order chi connectivity index (χ1) is 14.8. The maximum Gasteiger partial charge on any atom is 0.230 e. The van der Waals surface area contributed by atoms with Crippen molar-refractivity contribution in [3.05, 3.63) is 24.0 Å². The molecule has 170 valence electrons. The van der Waals surface area contributed by atoms with Gasteiger partial charge in [0.05, 0.1) is 17.2 Å². The van der Waals surface area contributed by atoms with Crippen molar-refractivity contribution in [1.82, 2.24) is 4.90 Å². The Balaban J connectivity index is 1.46. The minimum absolute atomic E-state index is 0.143. The number of benzene rings is 1. The van der Waals surface area contributed by atoms with Gasteiger partial charge >= 0.3 is 0 Å². The van der Waals surface area contributed by atoms with E-state index < -0.39 is 5.41 Å². The second kappa shape index (κ2) is 8.77. The Kier molecular flexibility index (Phi) is 6.24. The minimum Gasteiger partial charge on any atom is -0.393 e. The zero-order valence-corrected chi connectivity index (χ0v) is 18.6. The summed E-state index contributed by atoms with van der Waals surface area (Å²) in [6.07, 6.45) is 5.54. The molecule has 7 heteroatoms. The van der Waals surface area contributed by atoms with Crippen LogP contribution in [0.5, 0.6) is 0 Å². The van der Waals surface area contributed by atoms with Crippen LogP contribution in [0.1, 0.15) is 58.8 Å². The van der Waals surface area contributed by atoms with Crippen molar-refractivity contribution in [2.24, 2.45) is 11.3 Å². The second-order valence-corrected chi connectivity index (χ2v) is 9.83. The van der Waals surface area contributed by atoms with E-state index in [1.165, 1.54) is 6.07 Å². The van der Waals surface area contributed by atoms with Crippen LogP contribution in [-0.4, -0.2) is 53.6 Å². The van der Waals surface area contributed by atoms with E-state index in [0.29, 0.717) is 17.9 Å². The van der Waals surface area contributed by atoms with Gasteiger partial charge in [0.2, 0.25) is 11.8 Å². The predicted octanol–water partition coefficient (Wildman–Crippen LogP) is 3.54. The van der Waals surface area contributed by atoms with Crippen LogP contribution in [0.4, 0.5) is 15.8 Å². The van der Waals surface area contributed by atoms with E-state index >= 15 is 0 Å². The van der Waals surface area contributed by atoms with Gasteiger partial charge < -0.3 is 20.2 Å². The first-order valence-corrected chi connectivity index (χ1v) is 11.6. The van der Waals surface area contributed by atoms with Crippen molar-refractivity contribution >= 4 is 23.2 Å². The Morgan fingerprint density at radius 1 is 1.19 bits per heavy atom. The zero-order chi connectivity index (χ0) is 22.2. The first kappa shape index (κ1) is 22.1. The molecule has 6 nitrogen and oxygen atoms in total. The molecule has 31 heavy (non-hydrogen) atoms. The molecule has 0 unspecified atom stereocenters. The lowest BCUT2D eigenvalue weighted by molar-refractivity contribution is -0.139. The van der Waals surface area contributed by atoms with Crippen LogP contribution in [0.15, 0.2) is 18.2 Å². The molecule has 3 aliphatic rings. The number of carbonyl (C=O) groups excluding carboxylic acids is 2. The fraction of sp³-hybridized carbons (Fsp3) is 0.667.